The number of phenolic OH excluding ortho intramolecular Hbond substituents is 1. The Bertz CT molecular complexity index is 963. The molecular formula is C19H20N4O5. The molecule has 0 spiro atoms. The number of carbonyl (C=O) groups is 3. The van der Waals surface area contributed by atoms with Crippen LogP contribution in [0.1, 0.15) is 29.1 Å². The predicted molar refractivity (Wildman–Crippen MR) is 100 cm³/mol. The molecule has 0 radical (unpaired) electrons. The van der Waals surface area contributed by atoms with Crippen LogP contribution in [0.15, 0.2) is 52.4 Å². The number of anilines is 1. The van der Waals surface area contributed by atoms with Gasteiger partial charge in [-0.25, -0.2) is 0 Å². The van der Waals surface area contributed by atoms with E-state index in [1.807, 2.05) is 0 Å². The fourth-order valence-corrected chi connectivity index (χ4v) is 2.73. The molecule has 1 aromatic carbocycles. The lowest BCUT2D eigenvalue weighted by atomic mass is 10.1. The standard InChI is InChI=1S/C19H20N4O5/c1-10(13-8-5-9-28-13)20-14-15(18(26)22-17(14)25)21-12-7-4-6-11(16(12)24)19(27)23(2)3/h4-10,24H,1-3H3,(H3,20,21,22,25,26). The number of rotatable bonds is 6. The van der Waals surface area contributed by atoms with E-state index in [0.29, 0.717) is 5.76 Å². The SMILES string of the molecule is CC(NC1=C(Nc2cccc(C(=O)N(C)C)c2O)C(=O)NC1=O)c1ccco1. The number of hydrogen-bond acceptors (Lipinski definition) is 7. The number of carbonyl (C=O) groups excluding carboxylic acids is 3. The Hall–Kier alpha value is -3.75. The third-order valence-electron chi connectivity index (χ3n) is 4.19. The largest absolute Gasteiger partial charge is 0.505 e. The second-order valence-electron chi connectivity index (χ2n) is 6.44. The fourth-order valence-electron chi connectivity index (χ4n) is 2.73. The van der Waals surface area contributed by atoms with Crippen molar-refractivity contribution in [2.24, 2.45) is 0 Å². The summed E-state index contributed by atoms with van der Waals surface area (Å²) < 4.78 is 5.30. The van der Waals surface area contributed by atoms with E-state index in [9.17, 15) is 19.5 Å². The van der Waals surface area contributed by atoms with Crippen LogP contribution in [0.4, 0.5) is 5.69 Å². The topological polar surface area (TPSA) is 124 Å². The van der Waals surface area contributed by atoms with Gasteiger partial charge < -0.3 is 25.1 Å². The molecule has 0 aliphatic carbocycles. The number of amides is 3. The first-order valence-electron chi connectivity index (χ1n) is 8.50. The highest BCUT2D eigenvalue weighted by Gasteiger charge is 2.32. The third-order valence-corrected chi connectivity index (χ3v) is 4.19. The number of aromatic hydroxyl groups is 1. The summed E-state index contributed by atoms with van der Waals surface area (Å²) in [6, 6.07) is 7.60. The highest BCUT2D eigenvalue weighted by atomic mass is 16.3. The lowest BCUT2D eigenvalue weighted by Crippen LogP contribution is -2.28. The van der Waals surface area contributed by atoms with Crippen LogP contribution in [0.3, 0.4) is 0 Å². The summed E-state index contributed by atoms with van der Waals surface area (Å²) in [5, 5.41) is 18.4. The van der Waals surface area contributed by atoms with E-state index in [2.05, 4.69) is 16.0 Å². The minimum Gasteiger partial charge on any atom is -0.505 e. The van der Waals surface area contributed by atoms with Crippen LogP contribution in [-0.2, 0) is 9.59 Å². The number of para-hydroxylation sites is 1. The van der Waals surface area contributed by atoms with Gasteiger partial charge >= 0.3 is 0 Å². The van der Waals surface area contributed by atoms with Crippen molar-refractivity contribution in [1.82, 2.24) is 15.5 Å². The maximum Gasteiger partial charge on any atom is 0.276 e. The molecule has 3 amide bonds. The van der Waals surface area contributed by atoms with Gasteiger partial charge in [-0.2, -0.15) is 0 Å². The van der Waals surface area contributed by atoms with Gasteiger partial charge in [-0.05, 0) is 31.2 Å². The number of nitrogens with one attached hydrogen (secondary N) is 3. The summed E-state index contributed by atoms with van der Waals surface area (Å²) in [6.45, 7) is 1.77. The summed E-state index contributed by atoms with van der Waals surface area (Å²) in [7, 11) is 3.12. The molecular weight excluding hydrogens is 364 g/mol. The van der Waals surface area contributed by atoms with Crippen molar-refractivity contribution >= 4 is 23.4 Å². The highest BCUT2D eigenvalue weighted by Crippen LogP contribution is 2.30. The van der Waals surface area contributed by atoms with Crippen molar-refractivity contribution < 1.29 is 23.9 Å². The number of hydrogen-bond donors (Lipinski definition) is 4. The molecule has 28 heavy (non-hydrogen) atoms. The summed E-state index contributed by atoms with van der Waals surface area (Å²) >= 11 is 0. The van der Waals surface area contributed by atoms with Gasteiger partial charge in [-0.15, -0.1) is 0 Å². The number of nitrogens with zero attached hydrogens (tertiary/aromatic N) is 1. The first-order chi connectivity index (χ1) is 13.3. The Kier molecular flexibility index (Phi) is 5.08. The van der Waals surface area contributed by atoms with E-state index in [0.717, 1.165) is 0 Å². The van der Waals surface area contributed by atoms with Crippen LogP contribution in [0.25, 0.3) is 0 Å². The Morgan fingerprint density at radius 1 is 1.14 bits per heavy atom. The van der Waals surface area contributed by atoms with Crippen molar-refractivity contribution in [1.29, 1.82) is 0 Å². The number of imide groups is 1. The van der Waals surface area contributed by atoms with Gasteiger partial charge in [-0.1, -0.05) is 6.07 Å². The fraction of sp³-hybridized carbons (Fsp3) is 0.211. The molecule has 1 unspecified atom stereocenters. The molecule has 2 heterocycles. The van der Waals surface area contributed by atoms with E-state index >= 15 is 0 Å². The van der Waals surface area contributed by atoms with Crippen molar-refractivity contribution in [3.63, 3.8) is 0 Å². The van der Waals surface area contributed by atoms with Crippen LogP contribution in [-0.4, -0.2) is 41.8 Å². The monoisotopic (exact) mass is 384 g/mol. The summed E-state index contributed by atoms with van der Waals surface area (Å²) in [4.78, 5) is 37.9. The van der Waals surface area contributed by atoms with E-state index < -0.39 is 17.7 Å². The van der Waals surface area contributed by atoms with Crippen LogP contribution in [0, 0.1) is 0 Å². The van der Waals surface area contributed by atoms with Crippen molar-refractivity contribution in [3.8, 4) is 5.75 Å². The average molecular weight is 384 g/mol. The minimum absolute atomic E-state index is 0.0117. The zero-order valence-corrected chi connectivity index (χ0v) is 15.6. The number of furan rings is 1. The molecule has 1 atom stereocenters. The van der Waals surface area contributed by atoms with Crippen molar-refractivity contribution in [2.75, 3.05) is 19.4 Å². The molecule has 1 aliphatic rings. The summed E-state index contributed by atoms with van der Waals surface area (Å²) in [5.74, 6) is -1.39. The van der Waals surface area contributed by atoms with Crippen LogP contribution < -0.4 is 16.0 Å². The zero-order chi connectivity index (χ0) is 20.4. The number of benzene rings is 1. The Labute approximate surface area is 161 Å². The smallest absolute Gasteiger partial charge is 0.276 e. The first-order valence-corrected chi connectivity index (χ1v) is 8.50. The van der Waals surface area contributed by atoms with Gasteiger partial charge in [0.05, 0.1) is 23.6 Å². The van der Waals surface area contributed by atoms with Gasteiger partial charge in [0, 0.05) is 14.1 Å². The van der Waals surface area contributed by atoms with Crippen molar-refractivity contribution in [2.45, 2.75) is 13.0 Å². The first kappa shape index (κ1) is 19.0. The molecule has 2 aromatic rings. The van der Waals surface area contributed by atoms with Gasteiger partial charge in [0.1, 0.15) is 17.2 Å². The van der Waals surface area contributed by atoms with Crippen LogP contribution >= 0.6 is 0 Å². The average Bonchev–Trinajstić information content (AvgIpc) is 3.27. The van der Waals surface area contributed by atoms with Crippen LogP contribution in [0.2, 0.25) is 0 Å². The molecule has 1 aliphatic heterocycles. The molecule has 0 saturated carbocycles. The Morgan fingerprint density at radius 2 is 1.86 bits per heavy atom. The quantitative estimate of drug-likeness (QED) is 0.437. The zero-order valence-electron chi connectivity index (χ0n) is 15.6. The van der Waals surface area contributed by atoms with E-state index in [1.165, 1.54) is 23.3 Å². The molecule has 0 bridgehead atoms. The molecule has 0 saturated heterocycles. The third kappa shape index (κ3) is 3.54. The molecule has 9 heteroatoms. The molecule has 1 aromatic heterocycles. The second-order valence-corrected chi connectivity index (χ2v) is 6.44. The lowest BCUT2D eigenvalue weighted by molar-refractivity contribution is -0.124. The van der Waals surface area contributed by atoms with Gasteiger partial charge in [0.2, 0.25) is 0 Å². The molecule has 0 fully saturated rings. The normalized spacial score (nSPS) is 14.7. The maximum atomic E-state index is 12.2. The maximum absolute atomic E-state index is 12.2. The highest BCUT2D eigenvalue weighted by molar-refractivity contribution is 6.20. The summed E-state index contributed by atoms with van der Waals surface area (Å²) in [6.07, 6.45) is 1.51. The second kappa shape index (κ2) is 7.47. The van der Waals surface area contributed by atoms with Crippen LogP contribution in [0.5, 0.6) is 5.75 Å². The number of phenols is 1. The van der Waals surface area contributed by atoms with Crippen molar-refractivity contribution in [3.05, 3.63) is 59.3 Å². The van der Waals surface area contributed by atoms with E-state index in [1.54, 1.807) is 39.2 Å². The lowest BCUT2D eigenvalue weighted by Gasteiger charge is -2.16. The molecule has 4 N–H and O–H groups in total. The molecule has 146 valence electrons. The molecule has 9 nitrogen and oxygen atoms in total. The van der Waals surface area contributed by atoms with Gasteiger partial charge in [-0.3, -0.25) is 19.7 Å². The van der Waals surface area contributed by atoms with Gasteiger partial charge in [0.15, 0.2) is 5.75 Å². The summed E-state index contributed by atoms with van der Waals surface area (Å²) in [5.41, 5.74) is 0.141. The van der Waals surface area contributed by atoms with Gasteiger partial charge in [0.25, 0.3) is 17.7 Å². The predicted octanol–water partition coefficient (Wildman–Crippen LogP) is 1.32. The Morgan fingerprint density at radius 3 is 2.50 bits per heavy atom. The Balaban J connectivity index is 1.93. The minimum atomic E-state index is -0.650. The van der Waals surface area contributed by atoms with E-state index in [4.69, 9.17) is 4.42 Å². The van der Waals surface area contributed by atoms with E-state index in [-0.39, 0.29) is 34.4 Å². The molecule has 3 rings (SSSR count).